The lowest BCUT2D eigenvalue weighted by Gasteiger charge is -2.08. The molecular formula is C14H23N3. The van der Waals surface area contributed by atoms with E-state index in [1.807, 2.05) is 25.4 Å². The molecule has 3 heteroatoms. The molecule has 0 bridgehead atoms. The van der Waals surface area contributed by atoms with Crippen molar-refractivity contribution in [3.63, 3.8) is 0 Å². The Balaban J connectivity index is 1.95. The largest absolute Gasteiger partial charge is 0.385 e. The molecule has 0 spiro atoms. The van der Waals surface area contributed by atoms with Crippen molar-refractivity contribution in [3.05, 3.63) is 18.3 Å². The van der Waals surface area contributed by atoms with Crippen LogP contribution in [-0.4, -0.2) is 18.6 Å². The van der Waals surface area contributed by atoms with E-state index < -0.39 is 0 Å². The highest BCUT2D eigenvalue weighted by molar-refractivity contribution is 5.51. The molecule has 0 saturated heterocycles. The third-order valence-corrected chi connectivity index (χ3v) is 4.85. The van der Waals surface area contributed by atoms with Crippen molar-refractivity contribution in [2.24, 2.45) is 16.7 Å². The zero-order valence-electron chi connectivity index (χ0n) is 11.5. The van der Waals surface area contributed by atoms with Crippen LogP contribution in [0.25, 0.3) is 0 Å². The Bertz CT molecular complexity index is 396. The average molecular weight is 233 g/mol. The van der Waals surface area contributed by atoms with Gasteiger partial charge in [0.2, 0.25) is 0 Å². The average Bonchev–Trinajstić information content (AvgIpc) is 2.67. The maximum absolute atomic E-state index is 4.21. The summed E-state index contributed by atoms with van der Waals surface area (Å²) >= 11 is 0. The van der Waals surface area contributed by atoms with Crippen LogP contribution in [0.2, 0.25) is 0 Å². The summed E-state index contributed by atoms with van der Waals surface area (Å²) < 4.78 is 0. The van der Waals surface area contributed by atoms with Gasteiger partial charge in [0.25, 0.3) is 0 Å². The topological polar surface area (TPSA) is 37.0 Å². The van der Waals surface area contributed by atoms with Crippen LogP contribution in [-0.2, 0) is 0 Å². The molecule has 1 aliphatic rings. The first-order chi connectivity index (χ1) is 7.89. The van der Waals surface area contributed by atoms with Crippen molar-refractivity contribution < 1.29 is 0 Å². The van der Waals surface area contributed by atoms with Crippen LogP contribution in [0.15, 0.2) is 18.3 Å². The van der Waals surface area contributed by atoms with Gasteiger partial charge in [0, 0.05) is 31.5 Å². The molecule has 0 radical (unpaired) electrons. The molecule has 0 aliphatic heterocycles. The van der Waals surface area contributed by atoms with E-state index in [1.165, 1.54) is 0 Å². The Kier molecular flexibility index (Phi) is 2.80. The van der Waals surface area contributed by atoms with E-state index in [4.69, 9.17) is 0 Å². The molecule has 0 aromatic carbocycles. The molecule has 1 aromatic rings. The number of pyridine rings is 1. The van der Waals surface area contributed by atoms with Gasteiger partial charge in [-0.2, -0.15) is 0 Å². The Labute approximate surface area is 104 Å². The second-order valence-electron chi connectivity index (χ2n) is 6.06. The molecule has 2 N–H and O–H groups in total. The van der Waals surface area contributed by atoms with Crippen molar-refractivity contribution in [1.29, 1.82) is 0 Å². The zero-order chi connectivity index (χ0) is 12.7. The molecule has 1 aliphatic carbocycles. The van der Waals surface area contributed by atoms with Crippen LogP contribution in [0.5, 0.6) is 0 Å². The molecule has 94 valence electrons. The number of hydrogen-bond acceptors (Lipinski definition) is 3. The fraction of sp³-hybridized carbons (Fsp3) is 0.643. The number of hydrogen-bond donors (Lipinski definition) is 2. The standard InChI is InChI=1S/C14H23N3/c1-13(2)11(14(13,3)4)9-17-10-6-7-16-12(8-10)15-5/h6-8,11H,9H2,1-5H3,(H2,15,16,17). The molecule has 3 nitrogen and oxygen atoms in total. The van der Waals surface area contributed by atoms with E-state index in [-0.39, 0.29) is 0 Å². The van der Waals surface area contributed by atoms with Crippen molar-refractivity contribution in [3.8, 4) is 0 Å². The van der Waals surface area contributed by atoms with Gasteiger partial charge < -0.3 is 10.6 Å². The third kappa shape index (κ3) is 1.99. The summed E-state index contributed by atoms with van der Waals surface area (Å²) in [5.41, 5.74) is 2.03. The van der Waals surface area contributed by atoms with Gasteiger partial charge in [-0.05, 0) is 22.8 Å². The molecule has 1 saturated carbocycles. The van der Waals surface area contributed by atoms with Crippen LogP contribution in [0.1, 0.15) is 27.7 Å². The predicted octanol–water partition coefficient (Wildman–Crippen LogP) is 3.22. The molecule has 0 amide bonds. The fourth-order valence-corrected chi connectivity index (χ4v) is 2.74. The Morgan fingerprint density at radius 2 is 1.88 bits per heavy atom. The minimum absolute atomic E-state index is 0.443. The lowest BCUT2D eigenvalue weighted by Crippen LogP contribution is -2.08. The number of rotatable bonds is 4. The van der Waals surface area contributed by atoms with Crippen molar-refractivity contribution in [2.75, 3.05) is 24.2 Å². The second kappa shape index (κ2) is 3.90. The molecule has 0 atom stereocenters. The molecule has 1 aromatic heterocycles. The van der Waals surface area contributed by atoms with Crippen molar-refractivity contribution >= 4 is 11.5 Å². The maximum Gasteiger partial charge on any atom is 0.127 e. The van der Waals surface area contributed by atoms with E-state index in [2.05, 4.69) is 43.3 Å². The van der Waals surface area contributed by atoms with Crippen molar-refractivity contribution in [1.82, 2.24) is 4.98 Å². The smallest absolute Gasteiger partial charge is 0.127 e. The number of nitrogens with zero attached hydrogens (tertiary/aromatic N) is 1. The van der Waals surface area contributed by atoms with E-state index in [0.717, 1.165) is 24.0 Å². The van der Waals surface area contributed by atoms with Crippen molar-refractivity contribution in [2.45, 2.75) is 27.7 Å². The number of aromatic nitrogens is 1. The predicted molar refractivity (Wildman–Crippen MR) is 73.3 cm³/mol. The summed E-state index contributed by atoms with van der Waals surface area (Å²) in [6.07, 6.45) is 1.83. The second-order valence-corrected chi connectivity index (χ2v) is 6.06. The van der Waals surface area contributed by atoms with Gasteiger partial charge in [0.1, 0.15) is 5.82 Å². The van der Waals surface area contributed by atoms with E-state index in [9.17, 15) is 0 Å². The van der Waals surface area contributed by atoms with E-state index >= 15 is 0 Å². The van der Waals surface area contributed by atoms with Crippen LogP contribution in [0.3, 0.4) is 0 Å². The highest BCUT2D eigenvalue weighted by atomic mass is 15.0. The lowest BCUT2D eigenvalue weighted by molar-refractivity contribution is 0.457. The fourth-order valence-electron chi connectivity index (χ4n) is 2.74. The van der Waals surface area contributed by atoms with Gasteiger partial charge >= 0.3 is 0 Å². The number of anilines is 2. The summed E-state index contributed by atoms with van der Waals surface area (Å²) in [7, 11) is 1.89. The molecule has 0 unspecified atom stereocenters. The first-order valence-electron chi connectivity index (χ1n) is 6.27. The number of nitrogens with one attached hydrogen (secondary N) is 2. The van der Waals surface area contributed by atoms with E-state index in [1.54, 1.807) is 0 Å². The van der Waals surface area contributed by atoms with E-state index in [0.29, 0.717) is 10.8 Å². The minimum atomic E-state index is 0.443. The van der Waals surface area contributed by atoms with Crippen LogP contribution >= 0.6 is 0 Å². The maximum atomic E-state index is 4.21. The van der Waals surface area contributed by atoms with Crippen LogP contribution in [0.4, 0.5) is 11.5 Å². The normalized spacial score (nSPS) is 21.0. The summed E-state index contributed by atoms with van der Waals surface area (Å²) in [4.78, 5) is 4.21. The molecule has 17 heavy (non-hydrogen) atoms. The first-order valence-corrected chi connectivity index (χ1v) is 6.27. The Morgan fingerprint density at radius 1 is 1.24 bits per heavy atom. The summed E-state index contributed by atoms with van der Waals surface area (Å²) in [6.45, 7) is 10.4. The third-order valence-electron chi connectivity index (χ3n) is 4.85. The summed E-state index contributed by atoms with van der Waals surface area (Å²) in [5, 5.41) is 6.56. The van der Waals surface area contributed by atoms with Gasteiger partial charge in [-0.1, -0.05) is 27.7 Å². The van der Waals surface area contributed by atoms with Crippen LogP contribution in [0, 0.1) is 16.7 Å². The first kappa shape index (κ1) is 12.2. The SMILES string of the molecule is CNc1cc(NCC2C(C)(C)C2(C)C)ccn1. The highest BCUT2D eigenvalue weighted by Gasteiger charge is 2.63. The molecule has 1 fully saturated rings. The lowest BCUT2D eigenvalue weighted by atomic mass is 10.0. The summed E-state index contributed by atoms with van der Waals surface area (Å²) in [5.74, 6) is 1.64. The minimum Gasteiger partial charge on any atom is -0.385 e. The monoisotopic (exact) mass is 233 g/mol. The van der Waals surface area contributed by atoms with Gasteiger partial charge in [-0.3, -0.25) is 0 Å². The molecular weight excluding hydrogens is 210 g/mol. The zero-order valence-corrected chi connectivity index (χ0v) is 11.5. The van der Waals surface area contributed by atoms with Gasteiger partial charge in [-0.25, -0.2) is 4.98 Å². The highest BCUT2D eigenvalue weighted by Crippen LogP contribution is 2.68. The summed E-state index contributed by atoms with van der Waals surface area (Å²) in [6, 6.07) is 4.06. The molecule has 1 heterocycles. The Hall–Kier alpha value is -1.25. The van der Waals surface area contributed by atoms with Gasteiger partial charge in [0.05, 0.1) is 0 Å². The van der Waals surface area contributed by atoms with Gasteiger partial charge in [-0.15, -0.1) is 0 Å². The van der Waals surface area contributed by atoms with Crippen LogP contribution < -0.4 is 10.6 Å². The Morgan fingerprint density at radius 3 is 2.41 bits per heavy atom. The van der Waals surface area contributed by atoms with Gasteiger partial charge in [0.15, 0.2) is 0 Å². The molecule has 2 rings (SSSR count). The quantitative estimate of drug-likeness (QED) is 0.838.